The Balaban J connectivity index is 5.07. The van der Waals surface area contributed by atoms with E-state index in [9.17, 15) is 24.3 Å². The molecule has 0 aromatic carbocycles. The Morgan fingerprint density at radius 3 is 1.88 bits per heavy atom. The van der Waals surface area contributed by atoms with Crippen LogP contribution in [0.25, 0.3) is 0 Å². The SMILES string of the molecule is CCC(C)C(NC(=O)C(CCCCN)NC(=O)C(C)NC(=O)C(N)CCCCN)C(=O)O. The van der Waals surface area contributed by atoms with Crippen molar-refractivity contribution in [3.8, 4) is 0 Å². The largest absolute Gasteiger partial charge is 0.480 e. The number of carbonyl (C=O) groups is 4. The van der Waals surface area contributed by atoms with Gasteiger partial charge in [0.05, 0.1) is 6.04 Å². The van der Waals surface area contributed by atoms with Crippen LogP contribution in [0.15, 0.2) is 0 Å². The van der Waals surface area contributed by atoms with Crippen LogP contribution in [-0.4, -0.2) is 66.1 Å². The molecule has 11 nitrogen and oxygen atoms in total. The first-order valence-corrected chi connectivity index (χ1v) is 11.4. The number of nitrogens with one attached hydrogen (secondary N) is 3. The Morgan fingerprint density at radius 2 is 1.38 bits per heavy atom. The lowest BCUT2D eigenvalue weighted by molar-refractivity contribution is -0.143. The number of carboxylic acid groups (broad SMARTS) is 1. The average molecular weight is 459 g/mol. The summed E-state index contributed by atoms with van der Waals surface area (Å²) >= 11 is 0. The zero-order valence-corrected chi connectivity index (χ0v) is 19.6. The number of aliphatic carboxylic acids is 1. The van der Waals surface area contributed by atoms with Crippen molar-refractivity contribution >= 4 is 23.7 Å². The maximum absolute atomic E-state index is 12.8. The first-order valence-electron chi connectivity index (χ1n) is 11.4. The van der Waals surface area contributed by atoms with Gasteiger partial charge in [0.1, 0.15) is 18.1 Å². The van der Waals surface area contributed by atoms with Crippen LogP contribution in [0.1, 0.15) is 65.7 Å². The topological polar surface area (TPSA) is 203 Å². The molecule has 0 radical (unpaired) electrons. The van der Waals surface area contributed by atoms with Crippen molar-refractivity contribution < 1.29 is 24.3 Å². The second-order valence-electron chi connectivity index (χ2n) is 8.18. The van der Waals surface area contributed by atoms with Gasteiger partial charge >= 0.3 is 5.97 Å². The van der Waals surface area contributed by atoms with E-state index in [1.807, 2.05) is 6.92 Å². The predicted molar refractivity (Wildman–Crippen MR) is 122 cm³/mol. The van der Waals surface area contributed by atoms with Gasteiger partial charge in [0.15, 0.2) is 0 Å². The molecule has 186 valence electrons. The van der Waals surface area contributed by atoms with Gasteiger partial charge in [0.2, 0.25) is 17.7 Å². The third-order valence-electron chi connectivity index (χ3n) is 5.41. The van der Waals surface area contributed by atoms with E-state index in [2.05, 4.69) is 16.0 Å². The number of unbranched alkanes of at least 4 members (excludes halogenated alkanes) is 2. The molecular weight excluding hydrogens is 416 g/mol. The fraction of sp³-hybridized carbons (Fsp3) is 0.810. The molecule has 0 saturated heterocycles. The Bertz CT molecular complexity index is 603. The van der Waals surface area contributed by atoms with Crippen LogP contribution in [0.2, 0.25) is 0 Å². The maximum atomic E-state index is 12.8. The third-order valence-corrected chi connectivity index (χ3v) is 5.41. The smallest absolute Gasteiger partial charge is 0.326 e. The minimum atomic E-state index is -1.14. The van der Waals surface area contributed by atoms with Gasteiger partial charge in [0, 0.05) is 0 Å². The molecule has 10 N–H and O–H groups in total. The van der Waals surface area contributed by atoms with E-state index in [0.29, 0.717) is 51.6 Å². The summed E-state index contributed by atoms with van der Waals surface area (Å²) in [5.74, 6) is -3.02. The Kier molecular flexibility index (Phi) is 15.3. The van der Waals surface area contributed by atoms with E-state index in [-0.39, 0.29) is 5.92 Å². The highest BCUT2D eigenvalue weighted by molar-refractivity contribution is 5.93. The van der Waals surface area contributed by atoms with Gasteiger partial charge in [-0.15, -0.1) is 0 Å². The monoisotopic (exact) mass is 458 g/mol. The van der Waals surface area contributed by atoms with Crippen LogP contribution in [-0.2, 0) is 19.2 Å². The Labute approximate surface area is 190 Å². The highest BCUT2D eigenvalue weighted by Crippen LogP contribution is 2.10. The van der Waals surface area contributed by atoms with Gasteiger partial charge in [-0.25, -0.2) is 4.79 Å². The number of amides is 3. The number of hydrogen-bond donors (Lipinski definition) is 7. The predicted octanol–water partition coefficient (Wildman–Crippen LogP) is -0.823. The molecule has 11 heteroatoms. The molecule has 5 atom stereocenters. The Morgan fingerprint density at radius 1 is 0.812 bits per heavy atom. The van der Waals surface area contributed by atoms with Crippen LogP contribution in [0.4, 0.5) is 0 Å². The van der Waals surface area contributed by atoms with Gasteiger partial charge < -0.3 is 38.3 Å². The summed E-state index contributed by atoms with van der Waals surface area (Å²) in [5, 5.41) is 17.1. The van der Waals surface area contributed by atoms with Crippen molar-refractivity contribution in [2.45, 2.75) is 89.9 Å². The lowest BCUT2D eigenvalue weighted by atomic mass is 9.98. The molecule has 0 aliphatic rings. The number of hydrogen-bond acceptors (Lipinski definition) is 7. The van der Waals surface area contributed by atoms with E-state index in [4.69, 9.17) is 17.2 Å². The lowest BCUT2D eigenvalue weighted by Gasteiger charge is -2.25. The summed E-state index contributed by atoms with van der Waals surface area (Å²) in [6.07, 6.45) is 3.99. The second-order valence-corrected chi connectivity index (χ2v) is 8.18. The van der Waals surface area contributed by atoms with Crippen LogP contribution in [0, 0.1) is 5.92 Å². The molecule has 3 amide bonds. The van der Waals surface area contributed by atoms with Crippen LogP contribution < -0.4 is 33.2 Å². The molecule has 0 bridgehead atoms. The number of carbonyl (C=O) groups excluding carboxylic acids is 3. The minimum absolute atomic E-state index is 0.282. The average Bonchev–Trinajstić information content (AvgIpc) is 2.75. The van der Waals surface area contributed by atoms with E-state index < -0.39 is 47.9 Å². The van der Waals surface area contributed by atoms with E-state index in [0.717, 1.165) is 6.42 Å². The standard InChI is InChI=1S/C21H42N6O5/c1-4-13(2)17(21(31)32)27-20(30)16(10-6-8-12-23)26-18(28)14(3)25-19(29)15(24)9-5-7-11-22/h13-17H,4-12,22-24H2,1-3H3,(H,25,29)(H,26,28)(H,27,30)(H,31,32). The molecule has 0 fully saturated rings. The fourth-order valence-corrected chi connectivity index (χ4v) is 3.02. The first kappa shape index (κ1) is 29.8. The van der Waals surface area contributed by atoms with E-state index >= 15 is 0 Å². The molecule has 0 rings (SSSR count). The first-order chi connectivity index (χ1) is 15.1. The summed E-state index contributed by atoms with van der Waals surface area (Å²) in [5.41, 5.74) is 16.8. The second kappa shape index (κ2) is 16.4. The molecule has 0 heterocycles. The summed E-state index contributed by atoms with van der Waals surface area (Å²) in [7, 11) is 0. The van der Waals surface area contributed by atoms with Gasteiger partial charge in [-0.2, -0.15) is 0 Å². The zero-order chi connectivity index (χ0) is 24.7. The molecule has 0 aliphatic heterocycles. The summed E-state index contributed by atoms with van der Waals surface area (Å²) in [4.78, 5) is 49.1. The van der Waals surface area contributed by atoms with Gasteiger partial charge in [0.25, 0.3) is 0 Å². The van der Waals surface area contributed by atoms with Gasteiger partial charge in [-0.05, 0) is 58.0 Å². The molecule has 0 aromatic rings. The van der Waals surface area contributed by atoms with Crippen LogP contribution in [0.3, 0.4) is 0 Å². The highest BCUT2D eigenvalue weighted by atomic mass is 16.4. The lowest BCUT2D eigenvalue weighted by Crippen LogP contribution is -2.57. The molecule has 32 heavy (non-hydrogen) atoms. The van der Waals surface area contributed by atoms with Crippen molar-refractivity contribution in [2.75, 3.05) is 13.1 Å². The van der Waals surface area contributed by atoms with Crippen molar-refractivity contribution in [1.82, 2.24) is 16.0 Å². The maximum Gasteiger partial charge on any atom is 0.326 e. The molecule has 0 spiro atoms. The minimum Gasteiger partial charge on any atom is -0.480 e. The summed E-state index contributed by atoms with van der Waals surface area (Å²) < 4.78 is 0. The zero-order valence-electron chi connectivity index (χ0n) is 19.6. The van der Waals surface area contributed by atoms with Crippen molar-refractivity contribution in [3.05, 3.63) is 0 Å². The van der Waals surface area contributed by atoms with Crippen molar-refractivity contribution in [2.24, 2.45) is 23.1 Å². The molecular formula is C21H42N6O5. The van der Waals surface area contributed by atoms with Gasteiger partial charge in [-0.3, -0.25) is 14.4 Å². The van der Waals surface area contributed by atoms with Crippen LogP contribution in [0.5, 0.6) is 0 Å². The number of nitrogens with two attached hydrogens (primary N) is 3. The summed E-state index contributed by atoms with van der Waals surface area (Å²) in [6, 6.07) is -3.69. The van der Waals surface area contributed by atoms with Crippen LogP contribution >= 0.6 is 0 Å². The summed E-state index contributed by atoms with van der Waals surface area (Å²) in [6.45, 7) is 6.00. The Hall–Kier alpha value is -2.24. The quantitative estimate of drug-likeness (QED) is 0.137. The van der Waals surface area contributed by atoms with E-state index in [1.54, 1.807) is 6.92 Å². The normalized spacial score (nSPS) is 15.7. The highest BCUT2D eigenvalue weighted by Gasteiger charge is 2.30. The van der Waals surface area contributed by atoms with Gasteiger partial charge in [-0.1, -0.05) is 26.7 Å². The van der Waals surface area contributed by atoms with Crippen molar-refractivity contribution in [3.63, 3.8) is 0 Å². The van der Waals surface area contributed by atoms with Crippen molar-refractivity contribution in [1.29, 1.82) is 0 Å². The molecule has 0 aliphatic carbocycles. The van der Waals surface area contributed by atoms with E-state index in [1.165, 1.54) is 6.92 Å². The molecule has 5 unspecified atom stereocenters. The molecule has 0 aromatic heterocycles. The third kappa shape index (κ3) is 11.4. The molecule has 0 saturated carbocycles. The fourth-order valence-electron chi connectivity index (χ4n) is 3.02. The number of carboxylic acids is 1. The number of rotatable bonds is 17.